The molecule has 174 valence electrons. The van der Waals surface area contributed by atoms with Crippen molar-refractivity contribution in [2.24, 2.45) is 5.92 Å². The fourth-order valence-corrected chi connectivity index (χ4v) is 3.72. The molecule has 1 aromatic heterocycles. The van der Waals surface area contributed by atoms with Gasteiger partial charge in [-0.3, -0.25) is 4.79 Å². The minimum Gasteiger partial charge on any atom is -0.548 e. The largest absolute Gasteiger partial charge is 0.548 e. The van der Waals surface area contributed by atoms with Gasteiger partial charge >= 0.3 is 5.63 Å². The Kier molecular flexibility index (Phi) is 7.21. The molecule has 0 aliphatic rings. The standard InChI is InChI=1S/C26H29NO6/c1-14(2)22(25(29)30)27-24(28)17(5)32-21-12-11-19-15(3)20(13-18-9-7-6-8-10-18)26(31)33-23(19)16(21)4/h6-12,14,17,22H,13H2,1-5H3,(H,27,28)(H,29,30)/p-1/t17-,22+/m1/s1. The Balaban J connectivity index is 1.88. The summed E-state index contributed by atoms with van der Waals surface area (Å²) in [6, 6.07) is 12.1. The van der Waals surface area contributed by atoms with Crippen LogP contribution < -0.4 is 20.8 Å². The third kappa shape index (κ3) is 5.25. The number of fused-ring (bicyclic) bond motifs is 1. The zero-order chi connectivity index (χ0) is 24.3. The van der Waals surface area contributed by atoms with Gasteiger partial charge in [0, 0.05) is 22.9 Å². The highest BCUT2D eigenvalue weighted by molar-refractivity contribution is 5.87. The van der Waals surface area contributed by atoms with Crippen LogP contribution in [-0.4, -0.2) is 24.0 Å². The maximum atomic E-state index is 12.8. The number of aliphatic carboxylic acids is 1. The van der Waals surface area contributed by atoms with Gasteiger partial charge in [0.25, 0.3) is 5.91 Å². The maximum Gasteiger partial charge on any atom is 0.340 e. The lowest BCUT2D eigenvalue weighted by atomic mass is 9.98. The Morgan fingerprint density at radius 1 is 1.03 bits per heavy atom. The minimum absolute atomic E-state index is 0.337. The molecule has 0 unspecified atom stereocenters. The lowest BCUT2D eigenvalue weighted by molar-refractivity contribution is -0.309. The number of carbonyl (C=O) groups is 2. The summed E-state index contributed by atoms with van der Waals surface area (Å²) in [4.78, 5) is 36.5. The molecule has 2 atom stereocenters. The van der Waals surface area contributed by atoms with E-state index in [1.165, 1.54) is 6.92 Å². The number of amides is 1. The van der Waals surface area contributed by atoms with Gasteiger partial charge in [0.15, 0.2) is 6.10 Å². The molecule has 0 radical (unpaired) electrons. The van der Waals surface area contributed by atoms with Crippen molar-refractivity contribution in [1.29, 1.82) is 0 Å². The second-order valence-corrected chi connectivity index (χ2v) is 8.53. The van der Waals surface area contributed by atoms with E-state index in [2.05, 4.69) is 5.32 Å². The summed E-state index contributed by atoms with van der Waals surface area (Å²) in [6.07, 6.45) is -0.499. The molecule has 2 aromatic carbocycles. The summed E-state index contributed by atoms with van der Waals surface area (Å²) >= 11 is 0. The number of carboxylic acid groups (broad SMARTS) is 1. The number of carbonyl (C=O) groups excluding carboxylic acids is 2. The topological polar surface area (TPSA) is 109 Å². The molecule has 3 aromatic rings. The van der Waals surface area contributed by atoms with Crippen LogP contribution in [0.2, 0.25) is 0 Å². The maximum absolute atomic E-state index is 12.8. The minimum atomic E-state index is -1.35. The summed E-state index contributed by atoms with van der Waals surface area (Å²) in [5, 5.41) is 14.5. The van der Waals surface area contributed by atoms with E-state index in [1.54, 1.807) is 32.9 Å². The SMILES string of the molecule is Cc1c(Cc2ccccc2)c(=O)oc2c(C)c(O[C@H](C)C(=O)N[C@H](C(=O)[O-])C(C)C)ccc12. The Bertz CT molecular complexity index is 1230. The predicted molar refractivity (Wildman–Crippen MR) is 123 cm³/mol. The van der Waals surface area contributed by atoms with Crippen LogP contribution in [0.4, 0.5) is 0 Å². The van der Waals surface area contributed by atoms with E-state index >= 15 is 0 Å². The molecule has 1 amide bonds. The van der Waals surface area contributed by atoms with Crippen molar-refractivity contribution in [2.75, 3.05) is 0 Å². The number of aryl methyl sites for hydroxylation is 2. The summed E-state index contributed by atoms with van der Waals surface area (Å²) in [7, 11) is 0. The molecule has 0 bridgehead atoms. The summed E-state index contributed by atoms with van der Waals surface area (Å²) in [6.45, 7) is 8.52. The van der Waals surface area contributed by atoms with E-state index in [-0.39, 0.29) is 5.92 Å². The Labute approximate surface area is 192 Å². The molecule has 7 nitrogen and oxygen atoms in total. The second kappa shape index (κ2) is 9.90. The molecule has 0 saturated carbocycles. The molecular formula is C26H28NO6-. The normalized spacial score (nSPS) is 13.0. The zero-order valence-corrected chi connectivity index (χ0v) is 19.4. The van der Waals surface area contributed by atoms with Gasteiger partial charge in [-0.05, 0) is 49.9 Å². The van der Waals surface area contributed by atoms with Gasteiger partial charge in [-0.1, -0.05) is 44.2 Å². The number of hydrogen-bond donors (Lipinski definition) is 1. The van der Waals surface area contributed by atoms with Crippen molar-refractivity contribution in [3.05, 3.63) is 75.1 Å². The van der Waals surface area contributed by atoms with Crippen molar-refractivity contribution in [2.45, 2.75) is 53.2 Å². The van der Waals surface area contributed by atoms with E-state index in [0.717, 1.165) is 16.5 Å². The molecule has 0 saturated heterocycles. The number of rotatable bonds is 8. The van der Waals surface area contributed by atoms with Gasteiger partial charge in [-0.2, -0.15) is 0 Å². The van der Waals surface area contributed by atoms with Crippen molar-refractivity contribution >= 4 is 22.8 Å². The van der Waals surface area contributed by atoms with Gasteiger partial charge in [0.2, 0.25) is 0 Å². The van der Waals surface area contributed by atoms with E-state index < -0.39 is 29.6 Å². The average Bonchev–Trinajstić information content (AvgIpc) is 2.77. The van der Waals surface area contributed by atoms with Crippen molar-refractivity contribution in [1.82, 2.24) is 5.32 Å². The molecule has 0 spiro atoms. The Hall–Kier alpha value is -3.61. The first-order valence-corrected chi connectivity index (χ1v) is 10.9. The lowest BCUT2D eigenvalue weighted by Crippen LogP contribution is -2.53. The molecule has 1 heterocycles. The smallest absolute Gasteiger partial charge is 0.340 e. The third-order valence-corrected chi connectivity index (χ3v) is 5.77. The van der Waals surface area contributed by atoms with Crippen LogP contribution in [-0.2, 0) is 16.0 Å². The Morgan fingerprint density at radius 3 is 2.30 bits per heavy atom. The zero-order valence-electron chi connectivity index (χ0n) is 19.4. The molecule has 33 heavy (non-hydrogen) atoms. The molecule has 3 rings (SSSR count). The quantitative estimate of drug-likeness (QED) is 0.529. The number of ether oxygens (including phenoxy) is 1. The number of hydrogen-bond acceptors (Lipinski definition) is 6. The first-order chi connectivity index (χ1) is 15.6. The van der Waals surface area contributed by atoms with Gasteiger partial charge in [0.1, 0.15) is 11.3 Å². The molecule has 0 aliphatic heterocycles. The highest BCUT2D eigenvalue weighted by Gasteiger charge is 2.23. The lowest BCUT2D eigenvalue weighted by Gasteiger charge is -2.25. The highest BCUT2D eigenvalue weighted by atomic mass is 16.5. The predicted octanol–water partition coefficient (Wildman–Crippen LogP) is 2.66. The van der Waals surface area contributed by atoms with E-state index in [4.69, 9.17) is 9.15 Å². The monoisotopic (exact) mass is 450 g/mol. The molecule has 1 N–H and O–H groups in total. The van der Waals surface area contributed by atoms with E-state index in [1.807, 2.05) is 37.3 Å². The second-order valence-electron chi connectivity index (χ2n) is 8.53. The number of nitrogens with one attached hydrogen (secondary N) is 1. The fourth-order valence-electron chi connectivity index (χ4n) is 3.72. The van der Waals surface area contributed by atoms with Gasteiger partial charge < -0.3 is 24.4 Å². The van der Waals surface area contributed by atoms with Crippen LogP contribution in [0.25, 0.3) is 11.0 Å². The summed E-state index contributed by atoms with van der Waals surface area (Å²) in [5.41, 5.74) is 3.01. The first kappa shape index (κ1) is 24.0. The van der Waals surface area contributed by atoms with Crippen molar-refractivity contribution in [3.8, 4) is 5.75 Å². The van der Waals surface area contributed by atoms with Crippen molar-refractivity contribution < 1.29 is 23.8 Å². The van der Waals surface area contributed by atoms with Gasteiger partial charge in [0.05, 0.1) is 12.0 Å². The van der Waals surface area contributed by atoms with Crippen LogP contribution in [0.5, 0.6) is 5.75 Å². The highest BCUT2D eigenvalue weighted by Crippen LogP contribution is 2.30. The van der Waals surface area contributed by atoms with Gasteiger partial charge in [-0.25, -0.2) is 4.79 Å². The molecule has 0 fully saturated rings. The first-order valence-electron chi connectivity index (χ1n) is 10.9. The van der Waals surface area contributed by atoms with E-state index in [9.17, 15) is 19.5 Å². The number of carboxylic acids is 1. The summed E-state index contributed by atoms with van der Waals surface area (Å²) < 4.78 is 11.5. The fraction of sp³-hybridized carbons (Fsp3) is 0.346. The van der Waals surface area contributed by atoms with Crippen LogP contribution in [0.3, 0.4) is 0 Å². The van der Waals surface area contributed by atoms with Crippen LogP contribution >= 0.6 is 0 Å². The molecular weight excluding hydrogens is 422 g/mol. The van der Waals surface area contributed by atoms with Crippen LogP contribution in [0, 0.1) is 19.8 Å². The van der Waals surface area contributed by atoms with Crippen molar-refractivity contribution in [3.63, 3.8) is 0 Å². The summed E-state index contributed by atoms with van der Waals surface area (Å²) in [5.74, 6) is -1.89. The Morgan fingerprint density at radius 2 is 1.70 bits per heavy atom. The van der Waals surface area contributed by atoms with Gasteiger partial charge in [-0.15, -0.1) is 0 Å². The molecule has 0 aliphatic carbocycles. The van der Waals surface area contributed by atoms with Crippen LogP contribution in [0.1, 0.15) is 43.0 Å². The number of benzene rings is 2. The average molecular weight is 451 g/mol. The van der Waals surface area contributed by atoms with E-state index in [0.29, 0.717) is 28.9 Å². The molecule has 7 heteroatoms. The van der Waals surface area contributed by atoms with Crippen LogP contribution in [0.15, 0.2) is 51.7 Å². The third-order valence-electron chi connectivity index (χ3n) is 5.77.